The fraction of sp³-hybridized carbons (Fsp3) is 0.222. The maximum absolute atomic E-state index is 13.2. The van der Waals surface area contributed by atoms with Gasteiger partial charge in [-0.05, 0) is 11.6 Å². The highest BCUT2D eigenvalue weighted by molar-refractivity contribution is 5.73. The predicted octanol–water partition coefficient (Wildman–Crippen LogP) is 0.688. The van der Waals surface area contributed by atoms with Crippen molar-refractivity contribution in [1.82, 2.24) is 0 Å². The molecule has 0 aliphatic heterocycles. The lowest BCUT2D eigenvalue weighted by molar-refractivity contribution is -0.385. The minimum absolute atomic E-state index is 0.0795. The van der Waals surface area contributed by atoms with Crippen molar-refractivity contribution in [2.24, 2.45) is 5.73 Å². The van der Waals surface area contributed by atoms with Crippen molar-refractivity contribution >= 4 is 11.7 Å². The number of carboxylic acids is 1. The molecule has 0 aliphatic carbocycles. The Balaban J connectivity index is 2.98. The summed E-state index contributed by atoms with van der Waals surface area (Å²) in [4.78, 5) is 20.2. The average Bonchev–Trinajstić information content (AvgIpc) is 2.20. The molecule has 6 nitrogen and oxygen atoms in total. The normalized spacial score (nSPS) is 12.1. The topological polar surface area (TPSA) is 106 Å². The number of nitro benzene ring substituents is 1. The summed E-state index contributed by atoms with van der Waals surface area (Å²) in [5, 5.41) is 19.0. The Kier molecular flexibility index (Phi) is 3.51. The van der Waals surface area contributed by atoms with Crippen LogP contribution in [0.3, 0.4) is 0 Å². The first-order valence-electron chi connectivity index (χ1n) is 4.33. The van der Waals surface area contributed by atoms with Gasteiger partial charge in [0.25, 0.3) is 5.69 Å². The first-order valence-corrected chi connectivity index (χ1v) is 4.33. The lowest BCUT2D eigenvalue weighted by Crippen LogP contribution is -2.32. The number of aliphatic carboxylic acids is 1. The van der Waals surface area contributed by atoms with Crippen LogP contribution >= 0.6 is 0 Å². The fourth-order valence-corrected chi connectivity index (χ4v) is 1.16. The van der Waals surface area contributed by atoms with Crippen molar-refractivity contribution in [1.29, 1.82) is 0 Å². The quantitative estimate of drug-likeness (QED) is 0.582. The highest BCUT2D eigenvalue weighted by atomic mass is 19.1. The number of hydrogen-bond acceptors (Lipinski definition) is 4. The van der Waals surface area contributed by atoms with Gasteiger partial charge in [-0.15, -0.1) is 0 Å². The van der Waals surface area contributed by atoms with E-state index in [0.29, 0.717) is 0 Å². The molecule has 86 valence electrons. The van der Waals surface area contributed by atoms with E-state index in [-0.39, 0.29) is 17.7 Å². The van der Waals surface area contributed by atoms with Gasteiger partial charge in [-0.2, -0.15) is 0 Å². The summed E-state index contributed by atoms with van der Waals surface area (Å²) >= 11 is 0. The van der Waals surface area contributed by atoms with Gasteiger partial charge in [0.05, 0.1) is 4.92 Å². The van der Waals surface area contributed by atoms with Crippen LogP contribution in [0.5, 0.6) is 0 Å². The Morgan fingerprint density at radius 1 is 1.62 bits per heavy atom. The van der Waals surface area contributed by atoms with Crippen LogP contribution in [0.15, 0.2) is 18.2 Å². The summed E-state index contributed by atoms with van der Waals surface area (Å²) < 4.78 is 13.2. The summed E-state index contributed by atoms with van der Waals surface area (Å²) in [5.74, 6) is -1.99. The maximum atomic E-state index is 13.2. The number of halogens is 1. The van der Waals surface area contributed by atoms with Gasteiger partial charge in [-0.3, -0.25) is 14.9 Å². The number of nitrogens with two attached hydrogens (primary N) is 1. The molecule has 1 aromatic carbocycles. The second-order valence-corrected chi connectivity index (χ2v) is 3.18. The lowest BCUT2D eigenvalue weighted by atomic mass is 10.1. The standard InChI is InChI=1S/C9H9FN2O4/c10-7-2-1-6(12(15)16)3-5(7)4-8(11)9(13)14/h1-3,8H,4,11H2,(H,13,14)/t8-/m1/s1. The van der Waals surface area contributed by atoms with Crippen molar-refractivity contribution in [3.05, 3.63) is 39.7 Å². The molecule has 0 spiro atoms. The predicted molar refractivity (Wildman–Crippen MR) is 52.4 cm³/mol. The molecule has 0 aromatic heterocycles. The van der Waals surface area contributed by atoms with Gasteiger partial charge >= 0.3 is 5.97 Å². The molecule has 0 saturated heterocycles. The van der Waals surface area contributed by atoms with Crippen LogP contribution in [0.25, 0.3) is 0 Å². The van der Waals surface area contributed by atoms with Crippen molar-refractivity contribution in [3.8, 4) is 0 Å². The molecule has 0 unspecified atom stereocenters. The van der Waals surface area contributed by atoms with Gasteiger partial charge in [0, 0.05) is 18.6 Å². The molecule has 0 saturated carbocycles. The van der Waals surface area contributed by atoms with E-state index < -0.39 is 22.8 Å². The average molecular weight is 228 g/mol. The van der Waals surface area contributed by atoms with E-state index in [1.807, 2.05) is 0 Å². The number of hydrogen-bond donors (Lipinski definition) is 2. The van der Waals surface area contributed by atoms with E-state index in [4.69, 9.17) is 10.8 Å². The zero-order chi connectivity index (χ0) is 12.3. The molecule has 0 heterocycles. The van der Waals surface area contributed by atoms with Gasteiger partial charge in [-0.25, -0.2) is 4.39 Å². The molecule has 0 bridgehead atoms. The summed E-state index contributed by atoms with van der Waals surface area (Å²) in [6.07, 6.45) is -0.289. The second-order valence-electron chi connectivity index (χ2n) is 3.18. The Labute approximate surface area is 89.6 Å². The third kappa shape index (κ3) is 2.74. The van der Waals surface area contributed by atoms with Crippen molar-refractivity contribution in [3.63, 3.8) is 0 Å². The maximum Gasteiger partial charge on any atom is 0.320 e. The van der Waals surface area contributed by atoms with E-state index in [1.165, 1.54) is 0 Å². The SMILES string of the molecule is N[C@H](Cc1cc([N+](=O)[O-])ccc1F)C(=O)O. The Hall–Kier alpha value is -2.02. The third-order valence-corrected chi connectivity index (χ3v) is 2.00. The highest BCUT2D eigenvalue weighted by Gasteiger charge is 2.17. The Morgan fingerprint density at radius 3 is 2.75 bits per heavy atom. The number of carboxylic acid groups (broad SMARTS) is 1. The first-order chi connectivity index (χ1) is 7.41. The first kappa shape index (κ1) is 12.1. The number of rotatable bonds is 4. The fourth-order valence-electron chi connectivity index (χ4n) is 1.16. The Bertz CT molecular complexity index is 436. The van der Waals surface area contributed by atoms with Crippen LogP contribution in [0.2, 0.25) is 0 Å². The zero-order valence-electron chi connectivity index (χ0n) is 8.09. The molecule has 3 N–H and O–H groups in total. The molecule has 1 atom stereocenters. The number of carbonyl (C=O) groups is 1. The van der Waals surface area contributed by atoms with Gasteiger partial charge < -0.3 is 10.8 Å². The van der Waals surface area contributed by atoms with Crippen molar-refractivity contribution < 1.29 is 19.2 Å². The van der Waals surface area contributed by atoms with Crippen LogP contribution < -0.4 is 5.73 Å². The molecular weight excluding hydrogens is 219 g/mol. The minimum Gasteiger partial charge on any atom is -0.480 e. The molecule has 7 heteroatoms. The van der Waals surface area contributed by atoms with Crippen LogP contribution in [-0.2, 0) is 11.2 Å². The van der Waals surface area contributed by atoms with Gasteiger partial charge in [0.15, 0.2) is 0 Å². The summed E-state index contributed by atoms with van der Waals surface area (Å²) in [7, 11) is 0. The van der Waals surface area contributed by atoms with Crippen molar-refractivity contribution in [2.45, 2.75) is 12.5 Å². The zero-order valence-corrected chi connectivity index (χ0v) is 8.09. The summed E-state index contributed by atoms with van der Waals surface area (Å²) in [6.45, 7) is 0. The molecule has 16 heavy (non-hydrogen) atoms. The van der Waals surface area contributed by atoms with E-state index >= 15 is 0 Å². The molecule has 0 amide bonds. The third-order valence-electron chi connectivity index (χ3n) is 2.00. The minimum atomic E-state index is -1.29. The van der Waals surface area contributed by atoms with E-state index in [1.54, 1.807) is 0 Å². The number of nitrogens with zero attached hydrogens (tertiary/aromatic N) is 1. The summed E-state index contributed by atoms with van der Waals surface area (Å²) in [5.41, 5.74) is 4.83. The van der Waals surface area contributed by atoms with Crippen LogP contribution in [0.4, 0.5) is 10.1 Å². The second kappa shape index (κ2) is 4.67. The highest BCUT2D eigenvalue weighted by Crippen LogP contribution is 2.17. The lowest BCUT2D eigenvalue weighted by Gasteiger charge is -2.06. The van der Waals surface area contributed by atoms with Crippen LogP contribution in [0.1, 0.15) is 5.56 Å². The smallest absolute Gasteiger partial charge is 0.320 e. The van der Waals surface area contributed by atoms with E-state index in [2.05, 4.69) is 0 Å². The number of non-ortho nitro benzene ring substituents is 1. The largest absolute Gasteiger partial charge is 0.480 e. The number of nitro groups is 1. The molecule has 1 rings (SSSR count). The van der Waals surface area contributed by atoms with E-state index in [9.17, 15) is 19.3 Å². The van der Waals surface area contributed by atoms with Crippen LogP contribution in [0, 0.1) is 15.9 Å². The van der Waals surface area contributed by atoms with Gasteiger partial charge in [-0.1, -0.05) is 0 Å². The molecular formula is C9H9FN2O4. The molecule has 0 aliphatic rings. The monoisotopic (exact) mass is 228 g/mol. The van der Waals surface area contributed by atoms with Gasteiger partial charge in [0.2, 0.25) is 0 Å². The Morgan fingerprint density at radius 2 is 2.25 bits per heavy atom. The van der Waals surface area contributed by atoms with E-state index in [0.717, 1.165) is 18.2 Å². The molecule has 1 aromatic rings. The van der Waals surface area contributed by atoms with Gasteiger partial charge in [0.1, 0.15) is 11.9 Å². The van der Waals surface area contributed by atoms with Crippen molar-refractivity contribution in [2.75, 3.05) is 0 Å². The molecule has 0 radical (unpaired) electrons. The van der Waals surface area contributed by atoms with Crippen LogP contribution in [-0.4, -0.2) is 22.0 Å². The number of benzene rings is 1. The molecule has 0 fully saturated rings. The summed E-state index contributed by atoms with van der Waals surface area (Å²) in [6, 6.07) is 1.63.